The Balaban J connectivity index is 3.13. The van der Waals surface area contributed by atoms with Gasteiger partial charge in [0.05, 0.1) is 25.7 Å². The van der Waals surface area contributed by atoms with Gasteiger partial charge in [-0.25, -0.2) is 4.79 Å². The molecule has 20 heavy (non-hydrogen) atoms. The summed E-state index contributed by atoms with van der Waals surface area (Å²) in [6.07, 6.45) is 2.93. The number of rotatable bonds is 7. The van der Waals surface area contributed by atoms with Gasteiger partial charge in [-0.15, -0.1) is 0 Å². The van der Waals surface area contributed by atoms with Gasteiger partial charge in [-0.05, 0) is 30.9 Å². The highest BCUT2D eigenvalue weighted by atomic mass is 16.5. The fourth-order valence-corrected chi connectivity index (χ4v) is 2.07. The summed E-state index contributed by atoms with van der Waals surface area (Å²) >= 11 is 0. The van der Waals surface area contributed by atoms with E-state index < -0.39 is 0 Å². The van der Waals surface area contributed by atoms with E-state index in [4.69, 9.17) is 4.74 Å². The smallest absolute Gasteiger partial charge is 0.338 e. The summed E-state index contributed by atoms with van der Waals surface area (Å²) in [5.41, 5.74) is 2.13. The van der Waals surface area contributed by atoms with Crippen molar-refractivity contribution in [2.75, 3.05) is 13.7 Å². The second-order valence-corrected chi connectivity index (χ2v) is 4.53. The predicted octanol–water partition coefficient (Wildman–Crippen LogP) is 2.92. The Labute approximate surface area is 120 Å². The van der Waals surface area contributed by atoms with Gasteiger partial charge in [0, 0.05) is 0 Å². The molecular weight excluding hydrogens is 256 g/mol. The Morgan fingerprint density at radius 2 is 1.85 bits per heavy atom. The van der Waals surface area contributed by atoms with Crippen LogP contribution in [0, 0.1) is 0 Å². The van der Waals surface area contributed by atoms with E-state index in [1.54, 1.807) is 13.0 Å². The van der Waals surface area contributed by atoms with E-state index in [0.717, 1.165) is 24.8 Å². The number of carbonyl (C=O) groups excluding carboxylic acids is 2. The molecule has 0 aliphatic carbocycles. The zero-order chi connectivity index (χ0) is 15.0. The van der Waals surface area contributed by atoms with E-state index in [1.165, 1.54) is 7.11 Å². The van der Waals surface area contributed by atoms with Crippen LogP contribution in [0.2, 0.25) is 0 Å². The van der Waals surface area contributed by atoms with E-state index in [-0.39, 0.29) is 18.4 Å². The molecule has 0 aliphatic heterocycles. The lowest BCUT2D eigenvalue weighted by atomic mass is 9.95. The van der Waals surface area contributed by atoms with Crippen LogP contribution in [-0.2, 0) is 27.1 Å². The SMILES string of the molecule is CCCCc1cccc(CC(=O)OC)c1C(=O)OCC. The minimum Gasteiger partial charge on any atom is -0.469 e. The van der Waals surface area contributed by atoms with Gasteiger partial charge in [0.1, 0.15) is 0 Å². The second kappa shape index (κ2) is 8.35. The summed E-state index contributed by atoms with van der Waals surface area (Å²) in [6, 6.07) is 5.56. The molecule has 4 nitrogen and oxygen atoms in total. The van der Waals surface area contributed by atoms with E-state index in [0.29, 0.717) is 17.7 Å². The Hall–Kier alpha value is -1.84. The second-order valence-electron chi connectivity index (χ2n) is 4.53. The molecule has 0 unspecified atom stereocenters. The molecule has 0 saturated carbocycles. The third kappa shape index (κ3) is 4.37. The predicted molar refractivity (Wildman–Crippen MR) is 76.7 cm³/mol. The highest BCUT2D eigenvalue weighted by molar-refractivity contribution is 5.94. The van der Waals surface area contributed by atoms with Crippen molar-refractivity contribution < 1.29 is 19.1 Å². The maximum atomic E-state index is 12.1. The number of esters is 2. The number of benzene rings is 1. The monoisotopic (exact) mass is 278 g/mol. The molecule has 4 heteroatoms. The number of carbonyl (C=O) groups is 2. The quantitative estimate of drug-likeness (QED) is 0.720. The van der Waals surface area contributed by atoms with Crippen LogP contribution in [0.25, 0.3) is 0 Å². The Morgan fingerprint density at radius 3 is 2.45 bits per heavy atom. The minimum absolute atomic E-state index is 0.0879. The minimum atomic E-state index is -0.363. The van der Waals surface area contributed by atoms with Crippen molar-refractivity contribution in [3.05, 3.63) is 34.9 Å². The number of hydrogen-bond acceptors (Lipinski definition) is 4. The maximum Gasteiger partial charge on any atom is 0.338 e. The highest BCUT2D eigenvalue weighted by Gasteiger charge is 2.19. The van der Waals surface area contributed by atoms with Crippen molar-refractivity contribution in [3.63, 3.8) is 0 Å². The van der Waals surface area contributed by atoms with Gasteiger partial charge in [0.25, 0.3) is 0 Å². The number of hydrogen-bond donors (Lipinski definition) is 0. The topological polar surface area (TPSA) is 52.6 Å². The molecular formula is C16H22O4. The van der Waals surface area contributed by atoms with Crippen molar-refractivity contribution >= 4 is 11.9 Å². The molecule has 0 aliphatic rings. The van der Waals surface area contributed by atoms with E-state index >= 15 is 0 Å². The lowest BCUT2D eigenvalue weighted by molar-refractivity contribution is -0.139. The Kier molecular flexibility index (Phi) is 6.77. The maximum absolute atomic E-state index is 12.1. The van der Waals surface area contributed by atoms with Crippen molar-refractivity contribution in [1.29, 1.82) is 0 Å². The number of methoxy groups -OCH3 is 1. The van der Waals surface area contributed by atoms with E-state index in [9.17, 15) is 9.59 Å². The zero-order valence-corrected chi connectivity index (χ0v) is 12.4. The zero-order valence-electron chi connectivity index (χ0n) is 12.4. The standard InChI is InChI=1S/C16H22O4/c1-4-6-8-12-9-7-10-13(11-14(17)19-3)15(12)16(18)20-5-2/h7,9-10H,4-6,8,11H2,1-3H3. The van der Waals surface area contributed by atoms with Gasteiger partial charge in [0.15, 0.2) is 0 Å². The molecule has 1 aromatic rings. The number of ether oxygens (including phenoxy) is 2. The van der Waals surface area contributed by atoms with Crippen LogP contribution in [0.4, 0.5) is 0 Å². The van der Waals surface area contributed by atoms with Crippen LogP contribution in [0.15, 0.2) is 18.2 Å². The first-order valence-electron chi connectivity index (χ1n) is 6.98. The van der Waals surface area contributed by atoms with Gasteiger partial charge in [-0.3, -0.25) is 4.79 Å². The first kappa shape index (κ1) is 16.2. The summed E-state index contributed by atoms with van der Waals surface area (Å²) in [7, 11) is 1.34. The van der Waals surface area contributed by atoms with Gasteiger partial charge in [-0.1, -0.05) is 31.5 Å². The van der Waals surface area contributed by atoms with Crippen LogP contribution < -0.4 is 0 Å². The summed E-state index contributed by atoms with van der Waals surface area (Å²) in [4.78, 5) is 23.6. The van der Waals surface area contributed by atoms with Gasteiger partial charge < -0.3 is 9.47 Å². The Morgan fingerprint density at radius 1 is 1.15 bits per heavy atom. The number of aryl methyl sites for hydroxylation is 1. The van der Waals surface area contributed by atoms with Gasteiger partial charge in [-0.2, -0.15) is 0 Å². The van der Waals surface area contributed by atoms with Crippen molar-refractivity contribution in [2.45, 2.75) is 39.5 Å². The molecule has 0 fully saturated rings. The molecule has 0 bridgehead atoms. The lowest BCUT2D eigenvalue weighted by Crippen LogP contribution is -2.15. The van der Waals surface area contributed by atoms with Gasteiger partial charge in [0.2, 0.25) is 0 Å². The summed E-state index contributed by atoms with van der Waals surface area (Å²) in [5, 5.41) is 0. The highest BCUT2D eigenvalue weighted by Crippen LogP contribution is 2.19. The Bertz CT molecular complexity index is 466. The average Bonchev–Trinajstić information content (AvgIpc) is 2.45. The molecule has 0 spiro atoms. The molecule has 0 saturated heterocycles. The first-order chi connectivity index (χ1) is 9.63. The number of unbranched alkanes of at least 4 members (excludes halogenated alkanes) is 1. The largest absolute Gasteiger partial charge is 0.469 e. The summed E-state index contributed by atoms with van der Waals surface area (Å²) < 4.78 is 9.79. The van der Waals surface area contributed by atoms with E-state index in [1.807, 2.05) is 12.1 Å². The summed E-state index contributed by atoms with van der Waals surface area (Å²) in [6.45, 7) is 4.19. The molecule has 0 heterocycles. The molecule has 1 aromatic carbocycles. The van der Waals surface area contributed by atoms with Crippen LogP contribution >= 0.6 is 0 Å². The van der Waals surface area contributed by atoms with E-state index in [2.05, 4.69) is 11.7 Å². The molecule has 0 N–H and O–H groups in total. The first-order valence-corrected chi connectivity index (χ1v) is 6.98. The third-order valence-corrected chi connectivity index (χ3v) is 3.08. The molecule has 110 valence electrons. The lowest BCUT2D eigenvalue weighted by Gasteiger charge is -2.13. The van der Waals surface area contributed by atoms with Crippen LogP contribution in [0.1, 0.15) is 48.2 Å². The van der Waals surface area contributed by atoms with Crippen molar-refractivity contribution in [1.82, 2.24) is 0 Å². The fourth-order valence-electron chi connectivity index (χ4n) is 2.07. The molecule has 0 aromatic heterocycles. The van der Waals surface area contributed by atoms with Crippen molar-refractivity contribution in [3.8, 4) is 0 Å². The van der Waals surface area contributed by atoms with Gasteiger partial charge >= 0.3 is 11.9 Å². The molecule has 1 rings (SSSR count). The van der Waals surface area contributed by atoms with Crippen LogP contribution in [0.3, 0.4) is 0 Å². The third-order valence-electron chi connectivity index (χ3n) is 3.08. The fraction of sp³-hybridized carbons (Fsp3) is 0.500. The average molecular weight is 278 g/mol. The molecule has 0 amide bonds. The van der Waals surface area contributed by atoms with Crippen molar-refractivity contribution in [2.24, 2.45) is 0 Å². The van der Waals surface area contributed by atoms with Crippen LogP contribution in [-0.4, -0.2) is 25.7 Å². The normalized spacial score (nSPS) is 10.2. The van der Waals surface area contributed by atoms with Crippen LogP contribution in [0.5, 0.6) is 0 Å². The molecule has 0 atom stereocenters. The summed E-state index contributed by atoms with van der Waals surface area (Å²) in [5.74, 6) is -0.721. The molecule has 0 radical (unpaired) electrons.